The first-order valence-corrected chi connectivity index (χ1v) is 9.00. The third kappa shape index (κ3) is 3.11. The van der Waals surface area contributed by atoms with Crippen LogP contribution < -0.4 is 5.32 Å². The Labute approximate surface area is 144 Å². The number of benzene rings is 2. The molecular weight excluding hydrogens is 292 g/mol. The lowest BCUT2D eigenvalue weighted by Crippen LogP contribution is -2.47. The zero-order valence-electron chi connectivity index (χ0n) is 14.0. The monoisotopic (exact) mass is 316 g/mol. The van der Waals surface area contributed by atoms with E-state index in [0.717, 1.165) is 25.2 Å². The van der Waals surface area contributed by atoms with Gasteiger partial charge in [-0.25, -0.2) is 0 Å². The molecule has 2 aliphatic heterocycles. The molecule has 4 rings (SSSR count). The van der Waals surface area contributed by atoms with Gasteiger partial charge in [-0.15, -0.1) is 0 Å². The van der Waals surface area contributed by atoms with E-state index in [4.69, 9.17) is 0 Å². The summed E-state index contributed by atoms with van der Waals surface area (Å²) in [4.78, 5) is 2.59. The minimum atomic E-state index is 0.000377. The molecule has 2 heteroatoms. The van der Waals surface area contributed by atoms with Crippen molar-refractivity contribution in [1.82, 2.24) is 10.2 Å². The van der Waals surface area contributed by atoms with E-state index in [1.165, 1.54) is 24.8 Å². The lowest BCUT2D eigenvalue weighted by molar-refractivity contribution is 0.167. The molecule has 24 heavy (non-hydrogen) atoms. The highest BCUT2D eigenvalue weighted by Crippen LogP contribution is 2.37. The Morgan fingerprint density at radius 3 is 2.12 bits per heavy atom. The van der Waals surface area contributed by atoms with E-state index in [1.807, 2.05) is 6.07 Å². The molecule has 0 saturated carbocycles. The Hall–Kier alpha value is -2.08. The molecule has 0 spiro atoms. The summed E-state index contributed by atoms with van der Waals surface area (Å²) in [5, 5.41) is 3.65. The fourth-order valence-corrected chi connectivity index (χ4v) is 3.76. The normalized spacial score (nSPS) is 24.7. The highest BCUT2D eigenvalue weighted by atomic mass is 15.3. The Morgan fingerprint density at radius 2 is 1.50 bits per heavy atom. The second-order valence-corrected chi connectivity index (χ2v) is 6.83. The highest BCUT2D eigenvalue weighted by molar-refractivity contribution is 5.42. The molecule has 2 atom stereocenters. The molecule has 1 N–H and O–H groups in total. The van der Waals surface area contributed by atoms with Crippen molar-refractivity contribution in [2.24, 2.45) is 0 Å². The van der Waals surface area contributed by atoms with Crippen LogP contribution in [0.25, 0.3) is 0 Å². The van der Waals surface area contributed by atoms with Crippen LogP contribution in [0.1, 0.15) is 30.4 Å². The predicted octanol–water partition coefficient (Wildman–Crippen LogP) is 3.39. The SMILES string of the molecule is C(#C[C@@H](N1CCCCC1)[C@@]1(c2ccccc2)CN1)c1ccccc1. The summed E-state index contributed by atoms with van der Waals surface area (Å²) < 4.78 is 0. The van der Waals surface area contributed by atoms with Crippen LogP contribution >= 0.6 is 0 Å². The number of nitrogens with one attached hydrogen (secondary N) is 1. The summed E-state index contributed by atoms with van der Waals surface area (Å²) in [5.41, 5.74) is 2.46. The summed E-state index contributed by atoms with van der Waals surface area (Å²) in [7, 11) is 0. The van der Waals surface area contributed by atoms with Gasteiger partial charge in [0, 0.05) is 12.1 Å². The summed E-state index contributed by atoms with van der Waals surface area (Å²) in [6, 6.07) is 21.4. The van der Waals surface area contributed by atoms with Gasteiger partial charge in [-0.3, -0.25) is 4.90 Å². The van der Waals surface area contributed by atoms with Crippen LogP contribution in [0.3, 0.4) is 0 Å². The molecule has 2 nitrogen and oxygen atoms in total. The van der Waals surface area contributed by atoms with Crippen LogP contribution in [0.15, 0.2) is 60.7 Å². The molecule has 0 aliphatic carbocycles. The van der Waals surface area contributed by atoms with E-state index < -0.39 is 0 Å². The van der Waals surface area contributed by atoms with Gasteiger partial charge in [-0.05, 0) is 43.6 Å². The third-order valence-corrected chi connectivity index (χ3v) is 5.20. The standard InChI is InChI=1S/C22H24N2/c1-4-10-19(11-5-1)14-15-21(24-16-8-3-9-17-24)22(18-23-22)20-12-6-2-7-13-20/h1-2,4-7,10-13,21,23H,3,8-9,16-18H2/t21-,22+/m1/s1. The van der Waals surface area contributed by atoms with Crippen molar-refractivity contribution < 1.29 is 0 Å². The molecular formula is C22H24N2. The molecule has 2 aliphatic rings. The van der Waals surface area contributed by atoms with Gasteiger partial charge in [0.1, 0.15) is 0 Å². The Morgan fingerprint density at radius 1 is 0.875 bits per heavy atom. The lowest BCUT2D eigenvalue weighted by atomic mass is 9.89. The minimum absolute atomic E-state index is 0.000377. The summed E-state index contributed by atoms with van der Waals surface area (Å²) in [6.45, 7) is 3.33. The Bertz CT molecular complexity index is 717. The van der Waals surface area contributed by atoms with Crippen molar-refractivity contribution in [3.63, 3.8) is 0 Å². The topological polar surface area (TPSA) is 25.2 Å². The molecule has 0 bridgehead atoms. The molecule has 2 aromatic rings. The minimum Gasteiger partial charge on any atom is -0.302 e. The molecule has 2 fully saturated rings. The second kappa shape index (κ2) is 6.81. The van der Waals surface area contributed by atoms with E-state index >= 15 is 0 Å². The maximum absolute atomic E-state index is 3.65. The molecule has 0 unspecified atom stereocenters. The quantitative estimate of drug-likeness (QED) is 0.693. The van der Waals surface area contributed by atoms with Gasteiger partial charge in [0.15, 0.2) is 0 Å². The zero-order valence-corrected chi connectivity index (χ0v) is 14.0. The van der Waals surface area contributed by atoms with Gasteiger partial charge in [-0.2, -0.15) is 0 Å². The van der Waals surface area contributed by atoms with Gasteiger partial charge in [0.05, 0.1) is 11.6 Å². The number of hydrogen-bond donors (Lipinski definition) is 1. The molecule has 2 heterocycles. The Kier molecular flexibility index (Phi) is 4.38. The van der Waals surface area contributed by atoms with Crippen molar-refractivity contribution in [1.29, 1.82) is 0 Å². The molecule has 0 aromatic heterocycles. The maximum Gasteiger partial charge on any atom is 0.0957 e. The van der Waals surface area contributed by atoms with Crippen molar-refractivity contribution in [2.45, 2.75) is 30.8 Å². The number of nitrogens with zero attached hydrogens (tertiary/aromatic N) is 1. The fourth-order valence-electron chi connectivity index (χ4n) is 3.76. The van der Waals surface area contributed by atoms with Crippen LogP contribution in [0.2, 0.25) is 0 Å². The van der Waals surface area contributed by atoms with Crippen LogP contribution in [0, 0.1) is 11.8 Å². The van der Waals surface area contributed by atoms with E-state index in [-0.39, 0.29) is 11.6 Å². The van der Waals surface area contributed by atoms with E-state index in [9.17, 15) is 0 Å². The van der Waals surface area contributed by atoms with E-state index in [1.54, 1.807) is 0 Å². The summed E-state index contributed by atoms with van der Waals surface area (Å²) in [5.74, 6) is 7.05. The predicted molar refractivity (Wildman–Crippen MR) is 98.7 cm³/mol. The van der Waals surface area contributed by atoms with Crippen molar-refractivity contribution in [3.8, 4) is 11.8 Å². The van der Waals surface area contributed by atoms with Crippen molar-refractivity contribution >= 4 is 0 Å². The number of likely N-dealkylation sites (tertiary alicyclic amines) is 1. The average Bonchev–Trinajstić information content (AvgIpc) is 3.46. The van der Waals surface area contributed by atoms with Gasteiger partial charge < -0.3 is 5.32 Å². The first-order valence-electron chi connectivity index (χ1n) is 9.00. The first kappa shape index (κ1) is 15.4. The zero-order chi connectivity index (χ0) is 16.2. The van der Waals surface area contributed by atoms with Crippen LogP contribution in [-0.2, 0) is 5.54 Å². The van der Waals surface area contributed by atoms with Crippen molar-refractivity contribution in [2.75, 3.05) is 19.6 Å². The van der Waals surface area contributed by atoms with Gasteiger partial charge in [0.25, 0.3) is 0 Å². The summed E-state index contributed by atoms with van der Waals surface area (Å²) >= 11 is 0. The molecule has 2 aromatic carbocycles. The maximum atomic E-state index is 3.65. The first-order chi connectivity index (χ1) is 11.9. The van der Waals surface area contributed by atoms with Gasteiger partial charge in [-0.1, -0.05) is 66.8 Å². The smallest absolute Gasteiger partial charge is 0.0957 e. The Balaban J connectivity index is 1.67. The van der Waals surface area contributed by atoms with Gasteiger partial charge in [0.2, 0.25) is 0 Å². The third-order valence-electron chi connectivity index (χ3n) is 5.20. The van der Waals surface area contributed by atoms with Crippen molar-refractivity contribution in [3.05, 3.63) is 71.8 Å². The van der Waals surface area contributed by atoms with Gasteiger partial charge >= 0.3 is 0 Å². The van der Waals surface area contributed by atoms with Crippen LogP contribution in [0.5, 0.6) is 0 Å². The van der Waals surface area contributed by atoms with Crippen LogP contribution in [-0.4, -0.2) is 30.6 Å². The number of hydrogen-bond acceptors (Lipinski definition) is 2. The number of rotatable bonds is 3. The fraction of sp³-hybridized carbons (Fsp3) is 0.364. The molecule has 122 valence electrons. The largest absolute Gasteiger partial charge is 0.302 e. The average molecular weight is 316 g/mol. The molecule has 2 saturated heterocycles. The van der Waals surface area contributed by atoms with Crippen LogP contribution in [0.4, 0.5) is 0 Å². The second-order valence-electron chi connectivity index (χ2n) is 6.83. The van der Waals surface area contributed by atoms with E-state index in [2.05, 4.69) is 76.7 Å². The number of piperidine rings is 1. The highest BCUT2D eigenvalue weighted by Gasteiger charge is 2.52. The molecule has 0 radical (unpaired) electrons. The van der Waals surface area contributed by atoms with E-state index in [0.29, 0.717) is 0 Å². The molecule has 0 amide bonds. The lowest BCUT2D eigenvalue weighted by Gasteiger charge is -2.36. The summed E-state index contributed by atoms with van der Waals surface area (Å²) in [6.07, 6.45) is 3.92.